The standard InChI is InChI=1S/C22H24N2O2/c25-21-19-13-7-8-15-23(19)20(18-11-5-2-6-12-18)22(26)24(21)16-14-17-9-3-1-4-10-17/h1-6,9-12,19-20H,7-8,13-16H2/t19-,20+/m0/s1. The predicted octanol–water partition coefficient (Wildman–Crippen LogP) is 3.19. The number of hydrogen-bond donors (Lipinski definition) is 0. The van der Waals surface area contributed by atoms with E-state index in [1.54, 1.807) is 0 Å². The second-order valence-corrected chi connectivity index (χ2v) is 7.13. The van der Waals surface area contributed by atoms with Crippen LogP contribution in [0.4, 0.5) is 0 Å². The van der Waals surface area contributed by atoms with Gasteiger partial charge in [0, 0.05) is 13.1 Å². The number of piperazine rings is 1. The number of carbonyl (C=O) groups is 2. The molecule has 2 aliphatic heterocycles. The van der Waals surface area contributed by atoms with Crippen LogP contribution in [0.15, 0.2) is 60.7 Å². The number of rotatable bonds is 4. The Morgan fingerprint density at radius 3 is 2.27 bits per heavy atom. The van der Waals surface area contributed by atoms with E-state index in [9.17, 15) is 9.59 Å². The smallest absolute Gasteiger partial charge is 0.251 e. The van der Waals surface area contributed by atoms with Crippen LogP contribution in [0.1, 0.15) is 36.4 Å². The second-order valence-electron chi connectivity index (χ2n) is 7.13. The third-order valence-corrected chi connectivity index (χ3v) is 5.51. The Balaban J connectivity index is 1.61. The zero-order valence-electron chi connectivity index (χ0n) is 14.9. The highest BCUT2D eigenvalue weighted by atomic mass is 16.2. The van der Waals surface area contributed by atoms with Crippen LogP contribution in [0.25, 0.3) is 0 Å². The summed E-state index contributed by atoms with van der Waals surface area (Å²) in [6.45, 7) is 1.27. The number of fused-ring (bicyclic) bond motifs is 1. The third kappa shape index (κ3) is 3.17. The largest absolute Gasteiger partial charge is 0.279 e. The summed E-state index contributed by atoms with van der Waals surface area (Å²) >= 11 is 0. The summed E-state index contributed by atoms with van der Waals surface area (Å²) in [6, 6.07) is 19.4. The van der Waals surface area contributed by atoms with E-state index < -0.39 is 0 Å². The van der Waals surface area contributed by atoms with Gasteiger partial charge in [-0.1, -0.05) is 67.1 Å². The summed E-state index contributed by atoms with van der Waals surface area (Å²) in [5.41, 5.74) is 2.14. The van der Waals surface area contributed by atoms with E-state index in [1.165, 1.54) is 4.90 Å². The van der Waals surface area contributed by atoms with Crippen LogP contribution in [-0.2, 0) is 16.0 Å². The lowest BCUT2D eigenvalue weighted by molar-refractivity contribution is -0.163. The minimum absolute atomic E-state index is 0.0159. The minimum Gasteiger partial charge on any atom is -0.279 e. The monoisotopic (exact) mass is 348 g/mol. The Morgan fingerprint density at radius 1 is 0.846 bits per heavy atom. The van der Waals surface area contributed by atoms with Crippen LogP contribution >= 0.6 is 0 Å². The molecule has 4 heteroatoms. The van der Waals surface area contributed by atoms with Crippen molar-refractivity contribution in [3.05, 3.63) is 71.8 Å². The second kappa shape index (κ2) is 7.42. The van der Waals surface area contributed by atoms with E-state index in [1.807, 2.05) is 60.7 Å². The van der Waals surface area contributed by atoms with Gasteiger partial charge in [0.15, 0.2) is 0 Å². The summed E-state index contributed by atoms with van der Waals surface area (Å²) < 4.78 is 0. The van der Waals surface area contributed by atoms with Crippen LogP contribution < -0.4 is 0 Å². The molecule has 0 unspecified atom stereocenters. The van der Waals surface area contributed by atoms with E-state index in [4.69, 9.17) is 0 Å². The Hall–Kier alpha value is -2.46. The molecule has 0 aromatic heterocycles. The molecular weight excluding hydrogens is 324 g/mol. The van der Waals surface area contributed by atoms with Crippen molar-refractivity contribution in [2.75, 3.05) is 13.1 Å². The molecule has 2 heterocycles. The molecule has 134 valence electrons. The van der Waals surface area contributed by atoms with Gasteiger partial charge >= 0.3 is 0 Å². The van der Waals surface area contributed by atoms with Crippen molar-refractivity contribution in [3.8, 4) is 0 Å². The summed E-state index contributed by atoms with van der Waals surface area (Å²) in [5.74, 6) is -0.0897. The number of hydrogen-bond acceptors (Lipinski definition) is 3. The van der Waals surface area contributed by atoms with Crippen molar-refractivity contribution < 1.29 is 9.59 Å². The number of carbonyl (C=O) groups excluding carboxylic acids is 2. The topological polar surface area (TPSA) is 40.6 Å². The van der Waals surface area contributed by atoms with E-state index in [2.05, 4.69) is 4.90 Å². The van der Waals surface area contributed by atoms with Gasteiger partial charge in [-0.05, 0) is 30.4 Å². The molecular formula is C22H24N2O2. The first-order chi connectivity index (χ1) is 12.8. The minimum atomic E-state index is -0.338. The van der Waals surface area contributed by atoms with Crippen LogP contribution in [0, 0.1) is 0 Å². The van der Waals surface area contributed by atoms with Gasteiger partial charge in [0.1, 0.15) is 6.04 Å². The predicted molar refractivity (Wildman–Crippen MR) is 100 cm³/mol. The summed E-state index contributed by atoms with van der Waals surface area (Å²) in [7, 11) is 0. The molecule has 2 fully saturated rings. The molecule has 4 rings (SSSR count). The Kier molecular flexibility index (Phi) is 4.85. The number of piperidine rings is 1. The van der Waals surface area contributed by atoms with E-state index in [0.717, 1.165) is 36.9 Å². The molecule has 0 bridgehead atoms. The number of amides is 2. The molecule has 2 atom stereocenters. The van der Waals surface area contributed by atoms with Gasteiger partial charge in [-0.2, -0.15) is 0 Å². The highest BCUT2D eigenvalue weighted by Crippen LogP contribution is 2.35. The number of nitrogens with zero attached hydrogens (tertiary/aromatic N) is 2. The van der Waals surface area contributed by atoms with Crippen LogP contribution in [-0.4, -0.2) is 40.7 Å². The molecule has 26 heavy (non-hydrogen) atoms. The highest BCUT2D eigenvalue weighted by molar-refractivity contribution is 6.03. The number of imide groups is 1. The van der Waals surface area contributed by atoms with Gasteiger partial charge in [-0.15, -0.1) is 0 Å². The van der Waals surface area contributed by atoms with Gasteiger partial charge in [-0.25, -0.2) is 0 Å². The van der Waals surface area contributed by atoms with Crippen LogP contribution in [0.3, 0.4) is 0 Å². The van der Waals surface area contributed by atoms with Gasteiger partial charge in [0.2, 0.25) is 5.91 Å². The maximum Gasteiger partial charge on any atom is 0.251 e. The molecule has 2 aromatic rings. The van der Waals surface area contributed by atoms with Gasteiger partial charge in [0.05, 0.1) is 6.04 Å². The first-order valence-corrected chi connectivity index (χ1v) is 9.45. The highest BCUT2D eigenvalue weighted by Gasteiger charge is 2.47. The quantitative estimate of drug-likeness (QED) is 0.797. The lowest BCUT2D eigenvalue weighted by Gasteiger charge is -2.47. The molecule has 2 amide bonds. The zero-order valence-corrected chi connectivity index (χ0v) is 14.9. The van der Waals surface area contributed by atoms with Crippen molar-refractivity contribution in [1.29, 1.82) is 0 Å². The molecule has 0 N–H and O–H groups in total. The van der Waals surface area contributed by atoms with Crippen molar-refractivity contribution in [2.24, 2.45) is 0 Å². The van der Waals surface area contributed by atoms with Gasteiger partial charge < -0.3 is 0 Å². The first kappa shape index (κ1) is 17.0. The molecule has 0 saturated carbocycles. The number of benzene rings is 2. The summed E-state index contributed by atoms with van der Waals surface area (Å²) in [5, 5.41) is 0. The average molecular weight is 348 g/mol. The SMILES string of the molecule is O=C1[C@@H]2CCCCN2[C@H](c2ccccc2)C(=O)N1CCc1ccccc1. The van der Waals surface area contributed by atoms with E-state index >= 15 is 0 Å². The van der Waals surface area contributed by atoms with Crippen molar-refractivity contribution in [1.82, 2.24) is 9.80 Å². The Morgan fingerprint density at radius 2 is 1.54 bits per heavy atom. The zero-order chi connectivity index (χ0) is 17.9. The van der Waals surface area contributed by atoms with Gasteiger partial charge in [-0.3, -0.25) is 19.4 Å². The maximum atomic E-state index is 13.3. The molecule has 0 spiro atoms. The Labute approximate surface area is 154 Å². The first-order valence-electron chi connectivity index (χ1n) is 9.45. The fraction of sp³-hybridized carbons (Fsp3) is 0.364. The van der Waals surface area contributed by atoms with E-state index in [-0.39, 0.29) is 23.9 Å². The molecule has 2 aromatic carbocycles. The molecule has 4 nitrogen and oxygen atoms in total. The van der Waals surface area contributed by atoms with Crippen molar-refractivity contribution in [3.63, 3.8) is 0 Å². The fourth-order valence-corrected chi connectivity index (χ4v) is 4.18. The lowest BCUT2D eigenvalue weighted by Crippen LogP contribution is -2.62. The molecule has 2 aliphatic rings. The van der Waals surface area contributed by atoms with Crippen molar-refractivity contribution in [2.45, 2.75) is 37.8 Å². The summed E-state index contributed by atoms with van der Waals surface area (Å²) in [4.78, 5) is 29.9. The van der Waals surface area contributed by atoms with Crippen molar-refractivity contribution >= 4 is 11.8 Å². The summed E-state index contributed by atoms with van der Waals surface area (Å²) in [6.07, 6.45) is 3.64. The fourth-order valence-electron chi connectivity index (χ4n) is 4.18. The average Bonchev–Trinajstić information content (AvgIpc) is 2.70. The molecule has 0 aliphatic carbocycles. The Bertz CT molecular complexity index is 775. The molecule has 2 saturated heterocycles. The van der Waals surface area contributed by atoms with Crippen LogP contribution in [0.2, 0.25) is 0 Å². The third-order valence-electron chi connectivity index (χ3n) is 5.51. The normalized spacial score (nSPS) is 23.8. The maximum absolute atomic E-state index is 13.3. The molecule has 0 radical (unpaired) electrons. The van der Waals surface area contributed by atoms with E-state index in [0.29, 0.717) is 13.0 Å². The van der Waals surface area contributed by atoms with Crippen LogP contribution in [0.5, 0.6) is 0 Å². The van der Waals surface area contributed by atoms with Gasteiger partial charge in [0.25, 0.3) is 5.91 Å². The lowest BCUT2D eigenvalue weighted by atomic mass is 9.91.